The molecular weight excluding hydrogens is 418 g/mol. The zero-order chi connectivity index (χ0) is 24.2. The van der Waals surface area contributed by atoms with Gasteiger partial charge in [-0.3, -0.25) is 0 Å². The lowest BCUT2D eigenvalue weighted by Crippen LogP contribution is -2.29. The van der Waals surface area contributed by atoms with Crippen molar-refractivity contribution >= 4 is 17.6 Å². The van der Waals surface area contributed by atoms with Gasteiger partial charge in [0.05, 0.1) is 5.56 Å². The van der Waals surface area contributed by atoms with Crippen molar-refractivity contribution in [3.63, 3.8) is 0 Å². The lowest BCUT2D eigenvalue weighted by atomic mass is 10.0. The second-order valence-electron chi connectivity index (χ2n) is 8.63. The summed E-state index contributed by atoms with van der Waals surface area (Å²) >= 11 is 0. The van der Waals surface area contributed by atoms with Gasteiger partial charge in [0.15, 0.2) is 0 Å². The van der Waals surface area contributed by atoms with Crippen LogP contribution in [0.25, 0.3) is 0 Å². The Morgan fingerprint density at radius 3 is 1.73 bits per heavy atom. The topological polar surface area (TPSA) is 84.9 Å². The number of carbonyl (C=O) groups is 2. The number of hydrogen-bond donors (Lipinski definition) is 2. The maximum absolute atomic E-state index is 12.1. The SMILES string of the molecule is CCCCCCCCCCCCCCCCNc1ccc(C(=O)OC(OCC)C(=O)O)cc1. The van der Waals surface area contributed by atoms with Gasteiger partial charge in [-0.25, -0.2) is 9.59 Å². The third kappa shape index (κ3) is 14.6. The Bertz CT molecular complexity index is 632. The number of hydrogen-bond acceptors (Lipinski definition) is 5. The minimum atomic E-state index is -1.58. The van der Waals surface area contributed by atoms with Crippen molar-refractivity contribution in [3.05, 3.63) is 29.8 Å². The summed E-state index contributed by atoms with van der Waals surface area (Å²) in [5.74, 6) is -2.04. The number of carbonyl (C=O) groups excluding carboxylic acids is 1. The van der Waals surface area contributed by atoms with E-state index in [9.17, 15) is 9.59 Å². The summed E-state index contributed by atoms with van der Waals surface area (Å²) in [6, 6.07) is 6.86. The maximum Gasteiger partial charge on any atom is 0.374 e. The van der Waals surface area contributed by atoms with Crippen LogP contribution in [0.3, 0.4) is 0 Å². The van der Waals surface area contributed by atoms with Gasteiger partial charge in [-0.15, -0.1) is 0 Å². The number of carboxylic acids is 1. The number of anilines is 1. The van der Waals surface area contributed by atoms with E-state index in [-0.39, 0.29) is 6.61 Å². The molecule has 1 unspecified atom stereocenters. The first kappa shape index (κ1) is 29.0. The molecule has 6 nitrogen and oxygen atoms in total. The first-order valence-electron chi connectivity index (χ1n) is 13.0. The van der Waals surface area contributed by atoms with Crippen molar-refractivity contribution in [1.82, 2.24) is 0 Å². The minimum absolute atomic E-state index is 0.145. The number of nitrogens with one attached hydrogen (secondary N) is 1. The third-order valence-electron chi connectivity index (χ3n) is 5.71. The molecule has 0 aromatic heterocycles. The molecule has 0 heterocycles. The van der Waals surface area contributed by atoms with Crippen LogP contribution in [0.15, 0.2) is 24.3 Å². The highest BCUT2D eigenvalue weighted by Gasteiger charge is 2.23. The number of benzene rings is 1. The average Bonchev–Trinajstić information content (AvgIpc) is 2.81. The highest BCUT2D eigenvalue weighted by molar-refractivity contribution is 5.91. The van der Waals surface area contributed by atoms with E-state index in [4.69, 9.17) is 14.6 Å². The van der Waals surface area contributed by atoms with Crippen molar-refractivity contribution in [2.45, 2.75) is 110 Å². The summed E-state index contributed by atoms with van der Waals surface area (Å²) in [6.07, 6.45) is 17.3. The summed E-state index contributed by atoms with van der Waals surface area (Å²) in [4.78, 5) is 23.1. The standard InChI is InChI=1S/C27H45NO5/c1-3-5-6-7-8-9-10-11-12-13-14-15-16-17-22-28-24-20-18-23(19-21-24)26(31)33-27(25(29)30)32-4-2/h18-21,27-28H,3-17,22H2,1-2H3,(H,29,30). The van der Waals surface area contributed by atoms with Crippen molar-refractivity contribution in [1.29, 1.82) is 0 Å². The molecule has 1 atom stereocenters. The minimum Gasteiger partial charge on any atom is -0.477 e. The van der Waals surface area contributed by atoms with Gasteiger partial charge in [0, 0.05) is 18.8 Å². The van der Waals surface area contributed by atoms with Crippen LogP contribution in [0, 0.1) is 0 Å². The van der Waals surface area contributed by atoms with E-state index in [0.29, 0.717) is 5.56 Å². The first-order valence-corrected chi connectivity index (χ1v) is 13.0. The van der Waals surface area contributed by atoms with E-state index < -0.39 is 18.2 Å². The molecule has 0 aliphatic rings. The molecule has 1 rings (SSSR count). The Kier molecular flexibility index (Phi) is 17.0. The smallest absolute Gasteiger partial charge is 0.374 e. The fraction of sp³-hybridized carbons (Fsp3) is 0.704. The van der Waals surface area contributed by atoms with Crippen molar-refractivity contribution < 1.29 is 24.2 Å². The molecule has 0 bridgehead atoms. The van der Waals surface area contributed by atoms with Gasteiger partial charge in [-0.05, 0) is 37.6 Å². The molecule has 0 spiro atoms. The highest BCUT2D eigenvalue weighted by Crippen LogP contribution is 2.14. The van der Waals surface area contributed by atoms with E-state index in [2.05, 4.69) is 12.2 Å². The number of aliphatic carboxylic acids is 1. The van der Waals surface area contributed by atoms with Gasteiger partial charge < -0.3 is 19.9 Å². The van der Waals surface area contributed by atoms with E-state index in [0.717, 1.165) is 18.7 Å². The fourth-order valence-electron chi connectivity index (χ4n) is 3.75. The molecular formula is C27H45NO5. The van der Waals surface area contributed by atoms with Gasteiger partial charge in [0.25, 0.3) is 0 Å². The number of carboxylic acid groups (broad SMARTS) is 1. The molecule has 0 saturated carbocycles. The molecule has 188 valence electrons. The maximum atomic E-state index is 12.1. The van der Waals surface area contributed by atoms with Crippen molar-refractivity contribution in [2.24, 2.45) is 0 Å². The number of ether oxygens (including phenoxy) is 2. The van der Waals surface area contributed by atoms with Crippen LogP contribution < -0.4 is 5.32 Å². The molecule has 6 heteroatoms. The predicted octanol–water partition coefficient (Wildman–Crippen LogP) is 7.18. The predicted molar refractivity (Wildman–Crippen MR) is 134 cm³/mol. The first-order chi connectivity index (χ1) is 16.1. The molecule has 33 heavy (non-hydrogen) atoms. The van der Waals surface area contributed by atoms with Crippen LogP contribution in [0.1, 0.15) is 114 Å². The van der Waals surface area contributed by atoms with Gasteiger partial charge in [0.1, 0.15) is 0 Å². The normalized spacial score (nSPS) is 11.8. The lowest BCUT2D eigenvalue weighted by molar-refractivity contribution is -0.176. The average molecular weight is 464 g/mol. The molecule has 0 amide bonds. The third-order valence-corrected chi connectivity index (χ3v) is 5.71. The molecule has 1 aromatic rings. The molecule has 0 fully saturated rings. The molecule has 0 radical (unpaired) electrons. The second-order valence-corrected chi connectivity index (χ2v) is 8.63. The second kappa shape index (κ2) is 19.4. The molecule has 0 aliphatic heterocycles. The summed E-state index contributed by atoms with van der Waals surface area (Å²) < 4.78 is 9.79. The number of esters is 1. The Balaban J connectivity index is 2.04. The van der Waals surface area contributed by atoms with E-state index >= 15 is 0 Å². The molecule has 0 aliphatic carbocycles. The number of rotatable bonds is 21. The summed E-state index contributed by atoms with van der Waals surface area (Å²) in [6.45, 7) is 4.95. The fourth-order valence-corrected chi connectivity index (χ4v) is 3.75. The largest absolute Gasteiger partial charge is 0.477 e. The van der Waals surface area contributed by atoms with Crippen molar-refractivity contribution in [3.8, 4) is 0 Å². The van der Waals surface area contributed by atoms with Crippen molar-refractivity contribution in [2.75, 3.05) is 18.5 Å². The Hall–Kier alpha value is -2.08. The van der Waals surface area contributed by atoms with Crippen LogP contribution in [0.5, 0.6) is 0 Å². The van der Waals surface area contributed by atoms with Gasteiger partial charge in [0.2, 0.25) is 0 Å². The highest BCUT2D eigenvalue weighted by atomic mass is 16.7. The zero-order valence-corrected chi connectivity index (χ0v) is 20.8. The summed E-state index contributed by atoms with van der Waals surface area (Å²) in [5.41, 5.74) is 1.23. The summed E-state index contributed by atoms with van der Waals surface area (Å²) in [5, 5.41) is 12.4. The summed E-state index contributed by atoms with van der Waals surface area (Å²) in [7, 11) is 0. The van der Waals surface area contributed by atoms with Crippen LogP contribution in [0.2, 0.25) is 0 Å². The van der Waals surface area contributed by atoms with Gasteiger partial charge in [-0.1, -0.05) is 90.4 Å². The Morgan fingerprint density at radius 1 is 0.788 bits per heavy atom. The van der Waals surface area contributed by atoms with Crippen LogP contribution in [-0.4, -0.2) is 36.5 Å². The number of unbranched alkanes of at least 4 members (excludes halogenated alkanes) is 13. The quantitative estimate of drug-likeness (QED) is 0.114. The van der Waals surface area contributed by atoms with Crippen LogP contribution in [-0.2, 0) is 14.3 Å². The van der Waals surface area contributed by atoms with Gasteiger partial charge in [-0.2, -0.15) is 0 Å². The monoisotopic (exact) mass is 463 g/mol. The Morgan fingerprint density at radius 2 is 1.27 bits per heavy atom. The Labute approximate surface area is 200 Å². The van der Waals surface area contributed by atoms with E-state index in [1.165, 1.54) is 83.5 Å². The van der Waals surface area contributed by atoms with E-state index in [1.54, 1.807) is 31.2 Å². The zero-order valence-electron chi connectivity index (χ0n) is 20.8. The molecule has 2 N–H and O–H groups in total. The van der Waals surface area contributed by atoms with Gasteiger partial charge >= 0.3 is 18.2 Å². The molecule has 1 aromatic carbocycles. The molecule has 0 saturated heterocycles. The van der Waals surface area contributed by atoms with Crippen LogP contribution in [0.4, 0.5) is 5.69 Å². The van der Waals surface area contributed by atoms with E-state index in [1.807, 2.05) is 0 Å². The van der Waals surface area contributed by atoms with Crippen LogP contribution >= 0.6 is 0 Å². The lowest BCUT2D eigenvalue weighted by Gasteiger charge is -2.13.